The van der Waals surface area contributed by atoms with Gasteiger partial charge in [-0.15, -0.1) is 0 Å². The molecule has 0 saturated heterocycles. The van der Waals surface area contributed by atoms with Crippen LogP contribution in [0.25, 0.3) is 0 Å². The van der Waals surface area contributed by atoms with Gasteiger partial charge in [-0.05, 0) is 62.4 Å². The maximum Gasteiger partial charge on any atom is 0.252 e. The molecule has 0 fully saturated rings. The number of aromatic nitrogens is 1. The van der Waals surface area contributed by atoms with Gasteiger partial charge >= 0.3 is 0 Å². The summed E-state index contributed by atoms with van der Waals surface area (Å²) in [6, 6.07) is 11.0. The molecule has 1 aliphatic carbocycles. The van der Waals surface area contributed by atoms with Crippen molar-refractivity contribution in [3.63, 3.8) is 0 Å². The number of nitriles is 1. The highest BCUT2D eigenvalue weighted by molar-refractivity contribution is 5.94. The predicted molar refractivity (Wildman–Crippen MR) is 102 cm³/mol. The van der Waals surface area contributed by atoms with E-state index in [1.165, 1.54) is 18.4 Å². The van der Waals surface area contributed by atoms with Crippen LogP contribution in [0.1, 0.15) is 48.0 Å². The Labute approximate surface area is 153 Å². The SMILES string of the molecule is N#Cc1ccc(Nc2cncc(C(=O)NCCC3=CCCCC3)c2)cc1. The maximum atomic E-state index is 12.3. The summed E-state index contributed by atoms with van der Waals surface area (Å²) in [5.74, 6) is -0.114. The number of hydrogen-bond acceptors (Lipinski definition) is 4. The Morgan fingerprint density at radius 1 is 1.15 bits per heavy atom. The van der Waals surface area contributed by atoms with Gasteiger partial charge in [0, 0.05) is 18.4 Å². The molecule has 3 rings (SSSR count). The molecule has 0 atom stereocenters. The number of carbonyl (C=O) groups is 1. The zero-order chi connectivity index (χ0) is 18.2. The van der Waals surface area contributed by atoms with Gasteiger partial charge in [0.25, 0.3) is 5.91 Å². The summed E-state index contributed by atoms with van der Waals surface area (Å²) in [6.45, 7) is 0.651. The van der Waals surface area contributed by atoms with E-state index in [4.69, 9.17) is 5.26 Å². The second kappa shape index (κ2) is 8.82. The van der Waals surface area contributed by atoms with Gasteiger partial charge in [-0.25, -0.2) is 0 Å². The first kappa shape index (κ1) is 17.7. The molecule has 26 heavy (non-hydrogen) atoms. The Balaban J connectivity index is 1.56. The summed E-state index contributed by atoms with van der Waals surface area (Å²) in [5, 5.41) is 15.0. The Bertz CT molecular complexity index is 834. The van der Waals surface area contributed by atoms with E-state index < -0.39 is 0 Å². The molecule has 0 saturated carbocycles. The van der Waals surface area contributed by atoms with Gasteiger partial charge in [0.2, 0.25) is 0 Å². The Morgan fingerprint density at radius 3 is 2.73 bits per heavy atom. The third-order valence-corrected chi connectivity index (χ3v) is 4.42. The van der Waals surface area contributed by atoms with Crippen molar-refractivity contribution in [2.24, 2.45) is 0 Å². The highest BCUT2D eigenvalue weighted by Crippen LogP contribution is 2.20. The van der Waals surface area contributed by atoms with Crippen LogP contribution in [0.4, 0.5) is 11.4 Å². The summed E-state index contributed by atoms with van der Waals surface area (Å²) >= 11 is 0. The van der Waals surface area contributed by atoms with Gasteiger partial charge < -0.3 is 10.6 Å². The molecule has 0 spiro atoms. The number of benzene rings is 1. The van der Waals surface area contributed by atoms with E-state index >= 15 is 0 Å². The zero-order valence-electron chi connectivity index (χ0n) is 14.7. The molecule has 0 unspecified atom stereocenters. The minimum absolute atomic E-state index is 0.114. The number of allylic oxidation sites excluding steroid dienone is 1. The van der Waals surface area contributed by atoms with E-state index in [0.29, 0.717) is 17.7 Å². The average molecular weight is 346 g/mol. The minimum Gasteiger partial charge on any atom is -0.354 e. The number of nitrogens with zero attached hydrogens (tertiary/aromatic N) is 2. The molecule has 1 aromatic heterocycles. The van der Waals surface area contributed by atoms with Crippen LogP contribution in [0.3, 0.4) is 0 Å². The topological polar surface area (TPSA) is 77.8 Å². The van der Waals surface area contributed by atoms with E-state index in [9.17, 15) is 4.79 Å². The lowest BCUT2D eigenvalue weighted by Gasteiger charge is -2.13. The van der Waals surface area contributed by atoms with E-state index in [1.54, 1.807) is 30.6 Å². The molecule has 0 radical (unpaired) electrons. The molecule has 0 aliphatic heterocycles. The first-order valence-electron chi connectivity index (χ1n) is 8.93. The molecule has 2 N–H and O–H groups in total. The van der Waals surface area contributed by atoms with Crippen molar-refractivity contribution in [1.29, 1.82) is 5.26 Å². The smallest absolute Gasteiger partial charge is 0.252 e. The minimum atomic E-state index is -0.114. The molecule has 0 bridgehead atoms. The molecule has 1 amide bonds. The molecule has 1 aromatic carbocycles. The first-order valence-corrected chi connectivity index (χ1v) is 8.93. The van der Waals surface area contributed by atoms with Crippen molar-refractivity contribution in [2.45, 2.75) is 32.1 Å². The number of rotatable bonds is 6. The van der Waals surface area contributed by atoms with Gasteiger partial charge in [-0.3, -0.25) is 9.78 Å². The molecular weight excluding hydrogens is 324 g/mol. The molecule has 132 valence electrons. The predicted octanol–water partition coefficient (Wildman–Crippen LogP) is 4.32. The summed E-state index contributed by atoms with van der Waals surface area (Å²) in [5.41, 5.74) is 4.16. The molecular formula is C21H22N4O. The molecule has 1 aliphatic rings. The van der Waals surface area contributed by atoms with Crippen molar-refractivity contribution in [1.82, 2.24) is 10.3 Å². The van der Waals surface area contributed by atoms with E-state index in [2.05, 4.69) is 27.8 Å². The lowest BCUT2D eigenvalue weighted by atomic mass is 9.97. The number of hydrogen-bond donors (Lipinski definition) is 2. The fourth-order valence-electron chi connectivity index (χ4n) is 3.00. The fourth-order valence-corrected chi connectivity index (χ4v) is 3.00. The van der Waals surface area contributed by atoms with Crippen molar-refractivity contribution in [3.8, 4) is 6.07 Å². The normalized spacial score (nSPS) is 13.4. The lowest BCUT2D eigenvalue weighted by Crippen LogP contribution is -2.25. The van der Waals surface area contributed by atoms with Crippen LogP contribution < -0.4 is 10.6 Å². The number of nitrogens with one attached hydrogen (secondary N) is 2. The van der Waals surface area contributed by atoms with Gasteiger partial charge in [0.15, 0.2) is 0 Å². The molecule has 1 heterocycles. The van der Waals surface area contributed by atoms with Crippen molar-refractivity contribution in [2.75, 3.05) is 11.9 Å². The van der Waals surface area contributed by atoms with Gasteiger partial charge in [-0.1, -0.05) is 11.6 Å². The first-order chi connectivity index (χ1) is 12.7. The number of anilines is 2. The highest BCUT2D eigenvalue weighted by atomic mass is 16.1. The van der Waals surface area contributed by atoms with Crippen LogP contribution in [0.15, 0.2) is 54.4 Å². The quantitative estimate of drug-likeness (QED) is 0.764. The third kappa shape index (κ3) is 4.93. The fraction of sp³-hybridized carbons (Fsp3) is 0.286. The van der Waals surface area contributed by atoms with Crippen molar-refractivity contribution in [3.05, 3.63) is 65.5 Å². The van der Waals surface area contributed by atoms with Crippen LogP contribution in [-0.2, 0) is 0 Å². The van der Waals surface area contributed by atoms with Gasteiger partial charge in [-0.2, -0.15) is 5.26 Å². The summed E-state index contributed by atoms with van der Waals surface area (Å²) in [4.78, 5) is 16.5. The Kier molecular flexibility index (Phi) is 6.00. The van der Waals surface area contributed by atoms with E-state index in [1.807, 2.05) is 12.1 Å². The summed E-state index contributed by atoms with van der Waals surface area (Å²) < 4.78 is 0. The van der Waals surface area contributed by atoms with E-state index in [-0.39, 0.29) is 5.91 Å². The maximum absolute atomic E-state index is 12.3. The van der Waals surface area contributed by atoms with Crippen molar-refractivity contribution < 1.29 is 4.79 Å². The molecule has 5 nitrogen and oxygen atoms in total. The monoisotopic (exact) mass is 346 g/mol. The van der Waals surface area contributed by atoms with Crippen LogP contribution in [0.2, 0.25) is 0 Å². The standard InChI is InChI=1S/C21H22N4O/c22-13-17-6-8-19(9-7-17)25-20-12-18(14-23-15-20)21(26)24-11-10-16-4-2-1-3-5-16/h4,6-9,12,14-15,25H,1-3,5,10-11H2,(H,24,26). The number of pyridine rings is 1. The zero-order valence-corrected chi connectivity index (χ0v) is 14.7. The largest absolute Gasteiger partial charge is 0.354 e. The van der Waals surface area contributed by atoms with E-state index in [0.717, 1.165) is 30.6 Å². The van der Waals surface area contributed by atoms with Crippen LogP contribution in [0, 0.1) is 11.3 Å². The Hall–Kier alpha value is -3.13. The van der Waals surface area contributed by atoms with Gasteiger partial charge in [0.05, 0.1) is 29.1 Å². The van der Waals surface area contributed by atoms with Crippen LogP contribution in [-0.4, -0.2) is 17.4 Å². The second-order valence-electron chi connectivity index (χ2n) is 6.39. The number of carbonyl (C=O) groups excluding carboxylic acids is 1. The third-order valence-electron chi connectivity index (χ3n) is 4.42. The van der Waals surface area contributed by atoms with Crippen molar-refractivity contribution >= 4 is 17.3 Å². The highest BCUT2D eigenvalue weighted by Gasteiger charge is 2.08. The van der Waals surface area contributed by atoms with Crippen LogP contribution >= 0.6 is 0 Å². The second-order valence-corrected chi connectivity index (χ2v) is 6.39. The summed E-state index contributed by atoms with van der Waals surface area (Å²) in [7, 11) is 0. The Morgan fingerprint density at radius 2 is 2.00 bits per heavy atom. The molecule has 2 aromatic rings. The van der Waals surface area contributed by atoms with Crippen LogP contribution in [0.5, 0.6) is 0 Å². The molecule has 5 heteroatoms. The van der Waals surface area contributed by atoms with Gasteiger partial charge in [0.1, 0.15) is 0 Å². The summed E-state index contributed by atoms with van der Waals surface area (Å²) in [6.07, 6.45) is 11.3. The average Bonchev–Trinajstić information content (AvgIpc) is 2.69. The number of amides is 1. The lowest BCUT2D eigenvalue weighted by molar-refractivity contribution is 0.0953.